The first-order valence-electron chi connectivity index (χ1n) is 9.35. The number of allylic oxidation sites excluding steroid dienone is 4. The smallest absolute Gasteiger partial charge is 0.410 e. The van der Waals surface area contributed by atoms with Gasteiger partial charge < -0.3 is 14.4 Å². The molecular weight excluding hydrogens is 429 g/mol. The maximum atomic E-state index is 12.5. The minimum absolute atomic E-state index is 0.169. The highest BCUT2D eigenvalue weighted by molar-refractivity contribution is 14.1. The molecular formula is C20H32INO3. The van der Waals surface area contributed by atoms with E-state index in [9.17, 15) is 4.79 Å². The normalized spacial score (nSPS) is 24.4. The summed E-state index contributed by atoms with van der Waals surface area (Å²) >= 11 is 2.39. The van der Waals surface area contributed by atoms with Gasteiger partial charge in [-0.25, -0.2) is 4.79 Å². The Morgan fingerprint density at radius 3 is 2.80 bits per heavy atom. The van der Waals surface area contributed by atoms with E-state index in [1.54, 1.807) is 0 Å². The number of ether oxygens (including phenoxy) is 2. The second-order valence-corrected chi connectivity index (χ2v) is 9.13. The Labute approximate surface area is 166 Å². The van der Waals surface area contributed by atoms with Crippen LogP contribution in [0.3, 0.4) is 0 Å². The van der Waals surface area contributed by atoms with Crippen molar-refractivity contribution in [3.63, 3.8) is 0 Å². The monoisotopic (exact) mass is 461 g/mol. The SMILES string of the molecule is CC1=C(OCC2CCN(C(=O)OC(C)(C)C)C(CCI)C2)CCC=C1. The molecule has 1 amide bonds. The van der Waals surface area contributed by atoms with Gasteiger partial charge in [0, 0.05) is 23.4 Å². The van der Waals surface area contributed by atoms with Crippen molar-refractivity contribution in [2.75, 3.05) is 17.6 Å². The lowest BCUT2D eigenvalue weighted by atomic mass is 9.90. The molecule has 1 aliphatic carbocycles. The van der Waals surface area contributed by atoms with Gasteiger partial charge in [0.05, 0.1) is 12.4 Å². The van der Waals surface area contributed by atoms with Gasteiger partial charge in [0.2, 0.25) is 0 Å². The van der Waals surface area contributed by atoms with Gasteiger partial charge in [0.15, 0.2) is 0 Å². The van der Waals surface area contributed by atoms with Crippen molar-refractivity contribution < 1.29 is 14.3 Å². The Balaban J connectivity index is 1.91. The summed E-state index contributed by atoms with van der Waals surface area (Å²) in [5, 5.41) is 0. The van der Waals surface area contributed by atoms with Crippen molar-refractivity contribution in [1.29, 1.82) is 0 Å². The molecule has 2 rings (SSSR count). The highest BCUT2D eigenvalue weighted by Crippen LogP contribution is 2.29. The number of rotatable bonds is 5. The number of alkyl halides is 1. The van der Waals surface area contributed by atoms with Crippen molar-refractivity contribution >= 4 is 28.7 Å². The standard InChI is InChI=1S/C20H32INO3/c1-15-7-5-6-8-18(15)24-14-16-10-12-22(17(13-16)9-11-21)19(23)25-20(2,3)4/h5,7,16-17H,6,8-14H2,1-4H3. The second kappa shape index (κ2) is 9.28. The minimum atomic E-state index is -0.440. The number of piperidine rings is 1. The molecule has 5 heteroatoms. The van der Waals surface area contributed by atoms with E-state index >= 15 is 0 Å². The first-order valence-corrected chi connectivity index (χ1v) is 10.9. The molecule has 0 spiro atoms. The van der Waals surface area contributed by atoms with Crippen LogP contribution in [0.5, 0.6) is 0 Å². The molecule has 0 saturated carbocycles. The summed E-state index contributed by atoms with van der Waals surface area (Å²) in [4.78, 5) is 14.4. The molecule has 1 heterocycles. The molecule has 0 aromatic carbocycles. The summed E-state index contributed by atoms with van der Waals surface area (Å²) in [6, 6.07) is 0.260. The molecule has 0 radical (unpaired) electrons. The summed E-state index contributed by atoms with van der Waals surface area (Å²) < 4.78 is 12.8. The molecule has 2 aliphatic rings. The second-order valence-electron chi connectivity index (χ2n) is 8.05. The molecule has 142 valence electrons. The van der Waals surface area contributed by atoms with E-state index in [-0.39, 0.29) is 12.1 Å². The quantitative estimate of drug-likeness (QED) is 0.403. The van der Waals surface area contributed by atoms with Gasteiger partial charge in [-0.2, -0.15) is 0 Å². The van der Waals surface area contributed by atoms with Crippen LogP contribution < -0.4 is 0 Å². The third-order valence-electron chi connectivity index (χ3n) is 4.73. The van der Waals surface area contributed by atoms with E-state index in [0.717, 1.165) is 55.4 Å². The summed E-state index contributed by atoms with van der Waals surface area (Å²) in [6.45, 7) is 9.42. The summed E-state index contributed by atoms with van der Waals surface area (Å²) in [7, 11) is 0. The lowest BCUT2D eigenvalue weighted by Gasteiger charge is -2.40. The minimum Gasteiger partial charge on any atom is -0.497 e. The van der Waals surface area contributed by atoms with E-state index in [0.29, 0.717) is 5.92 Å². The maximum Gasteiger partial charge on any atom is 0.410 e. The van der Waals surface area contributed by atoms with Gasteiger partial charge in [-0.15, -0.1) is 0 Å². The summed E-state index contributed by atoms with van der Waals surface area (Å²) in [5.41, 5.74) is 0.811. The van der Waals surface area contributed by atoms with Gasteiger partial charge in [-0.1, -0.05) is 34.7 Å². The molecule has 2 unspecified atom stereocenters. The number of amides is 1. The Bertz CT molecular complexity index is 522. The molecule has 2 atom stereocenters. The molecule has 1 saturated heterocycles. The summed E-state index contributed by atoms with van der Waals surface area (Å²) in [5.74, 6) is 1.65. The highest BCUT2D eigenvalue weighted by Gasteiger charge is 2.34. The fourth-order valence-corrected chi connectivity index (χ4v) is 4.13. The summed E-state index contributed by atoms with van der Waals surface area (Å²) in [6.07, 6.45) is 9.28. The fourth-order valence-electron chi connectivity index (χ4n) is 3.42. The molecule has 0 bridgehead atoms. The van der Waals surface area contributed by atoms with Crippen LogP contribution in [0.25, 0.3) is 0 Å². The highest BCUT2D eigenvalue weighted by atomic mass is 127. The Kier molecular flexibility index (Phi) is 7.65. The van der Waals surface area contributed by atoms with Crippen LogP contribution in [0.4, 0.5) is 4.79 Å². The molecule has 25 heavy (non-hydrogen) atoms. The van der Waals surface area contributed by atoms with Crippen LogP contribution >= 0.6 is 22.6 Å². The van der Waals surface area contributed by atoms with Crippen molar-refractivity contribution in [2.45, 2.75) is 71.4 Å². The number of hydrogen-bond acceptors (Lipinski definition) is 3. The van der Waals surface area contributed by atoms with Gasteiger partial charge in [0.1, 0.15) is 5.60 Å². The number of nitrogens with zero attached hydrogens (tertiary/aromatic N) is 1. The van der Waals surface area contributed by atoms with E-state index in [1.165, 1.54) is 5.57 Å². The Morgan fingerprint density at radius 2 is 2.16 bits per heavy atom. The largest absolute Gasteiger partial charge is 0.497 e. The Hall–Kier alpha value is -0.720. The third-order valence-corrected chi connectivity index (χ3v) is 5.36. The lowest BCUT2D eigenvalue weighted by molar-refractivity contribution is -0.00124. The van der Waals surface area contributed by atoms with Gasteiger partial charge >= 0.3 is 6.09 Å². The van der Waals surface area contributed by atoms with Crippen LogP contribution in [0, 0.1) is 5.92 Å². The van der Waals surface area contributed by atoms with Gasteiger partial charge in [-0.3, -0.25) is 0 Å². The lowest BCUT2D eigenvalue weighted by Crippen LogP contribution is -2.48. The fraction of sp³-hybridized carbons (Fsp3) is 0.750. The average molecular weight is 461 g/mol. The van der Waals surface area contributed by atoms with Crippen LogP contribution in [0.2, 0.25) is 0 Å². The predicted octanol–water partition coefficient (Wildman–Crippen LogP) is 5.47. The molecule has 0 aromatic rings. The first kappa shape index (κ1) is 20.6. The number of carbonyl (C=O) groups is 1. The van der Waals surface area contributed by atoms with Crippen LogP contribution in [-0.2, 0) is 9.47 Å². The number of carbonyl (C=O) groups excluding carboxylic acids is 1. The predicted molar refractivity (Wildman–Crippen MR) is 110 cm³/mol. The van der Waals surface area contributed by atoms with Crippen molar-refractivity contribution in [3.8, 4) is 0 Å². The number of halogens is 1. The molecule has 1 aliphatic heterocycles. The third kappa shape index (κ3) is 6.50. The zero-order valence-electron chi connectivity index (χ0n) is 16.0. The Morgan fingerprint density at radius 1 is 1.40 bits per heavy atom. The first-order chi connectivity index (χ1) is 11.8. The molecule has 0 N–H and O–H groups in total. The molecule has 1 fully saturated rings. The van der Waals surface area contributed by atoms with Gasteiger partial charge in [-0.05, 0) is 64.9 Å². The van der Waals surface area contributed by atoms with E-state index < -0.39 is 5.60 Å². The molecule has 0 aromatic heterocycles. The molecule has 4 nitrogen and oxygen atoms in total. The van der Waals surface area contributed by atoms with Crippen LogP contribution in [0.1, 0.15) is 59.8 Å². The average Bonchev–Trinajstić information content (AvgIpc) is 2.53. The van der Waals surface area contributed by atoms with Crippen molar-refractivity contribution in [3.05, 3.63) is 23.5 Å². The van der Waals surface area contributed by atoms with E-state index in [2.05, 4.69) is 41.7 Å². The number of hydrogen-bond donors (Lipinski definition) is 0. The van der Waals surface area contributed by atoms with E-state index in [1.807, 2.05) is 25.7 Å². The van der Waals surface area contributed by atoms with Crippen LogP contribution in [-0.4, -0.2) is 40.2 Å². The topological polar surface area (TPSA) is 38.8 Å². The van der Waals surface area contributed by atoms with Crippen molar-refractivity contribution in [2.24, 2.45) is 5.92 Å². The maximum absolute atomic E-state index is 12.5. The van der Waals surface area contributed by atoms with Crippen LogP contribution in [0.15, 0.2) is 23.5 Å². The zero-order chi connectivity index (χ0) is 18.4. The van der Waals surface area contributed by atoms with Gasteiger partial charge in [0.25, 0.3) is 0 Å². The van der Waals surface area contributed by atoms with E-state index in [4.69, 9.17) is 9.47 Å². The number of likely N-dealkylation sites (tertiary alicyclic amines) is 1. The van der Waals surface area contributed by atoms with Crippen molar-refractivity contribution in [1.82, 2.24) is 4.90 Å². The zero-order valence-corrected chi connectivity index (χ0v) is 18.2.